The summed E-state index contributed by atoms with van der Waals surface area (Å²) >= 11 is 4.46. The fraction of sp³-hybridized carbons (Fsp3) is 0.667. The second kappa shape index (κ2) is 9.79. The van der Waals surface area contributed by atoms with Crippen molar-refractivity contribution in [1.29, 1.82) is 0 Å². The standard InChI is InChI=1S/C3H8N2S.H4N2/c1-2-5-3(4)6;1-2/h2H2,1H3,(H3,4,5,6);1-2H2. The molecule has 0 rings (SSSR count). The van der Waals surface area contributed by atoms with Crippen molar-refractivity contribution >= 4 is 17.3 Å². The second-order valence-corrected chi connectivity index (χ2v) is 1.33. The number of nitrogens with one attached hydrogen (secondary N) is 1. The quantitative estimate of drug-likeness (QED) is 0.203. The Bertz CT molecular complexity index is 55.2. The summed E-state index contributed by atoms with van der Waals surface area (Å²) < 4.78 is 0. The first-order valence-corrected chi connectivity index (χ1v) is 2.55. The SMILES string of the molecule is CCNC(N)=S.NN. The fourth-order valence-corrected chi connectivity index (χ4v) is 0.319. The molecule has 0 aromatic carbocycles. The smallest absolute Gasteiger partial charge is 0.163 e. The van der Waals surface area contributed by atoms with Gasteiger partial charge in [0.2, 0.25) is 0 Å². The Balaban J connectivity index is 0. The lowest BCUT2D eigenvalue weighted by molar-refractivity contribution is 0.973. The van der Waals surface area contributed by atoms with E-state index in [1.165, 1.54) is 0 Å². The van der Waals surface area contributed by atoms with E-state index in [2.05, 4.69) is 29.2 Å². The van der Waals surface area contributed by atoms with Crippen LogP contribution in [0.25, 0.3) is 0 Å². The molecule has 0 aliphatic carbocycles. The van der Waals surface area contributed by atoms with Crippen molar-refractivity contribution in [1.82, 2.24) is 5.32 Å². The van der Waals surface area contributed by atoms with Crippen LogP contribution < -0.4 is 22.7 Å². The third-order valence-electron chi connectivity index (χ3n) is 0.351. The van der Waals surface area contributed by atoms with Gasteiger partial charge in [0.25, 0.3) is 0 Å². The maximum absolute atomic E-state index is 5.02. The van der Waals surface area contributed by atoms with E-state index in [0.717, 1.165) is 6.54 Å². The zero-order valence-electron chi connectivity index (χ0n) is 4.85. The van der Waals surface area contributed by atoms with E-state index in [0.29, 0.717) is 5.11 Å². The molecule has 0 saturated carbocycles. The van der Waals surface area contributed by atoms with Gasteiger partial charge < -0.3 is 11.1 Å². The predicted octanol–water partition coefficient (Wildman–Crippen LogP) is -1.34. The minimum Gasteiger partial charge on any atom is -0.376 e. The van der Waals surface area contributed by atoms with Crippen molar-refractivity contribution in [3.63, 3.8) is 0 Å². The molecule has 0 atom stereocenters. The van der Waals surface area contributed by atoms with Crippen LogP contribution >= 0.6 is 12.2 Å². The summed E-state index contributed by atoms with van der Waals surface area (Å²) in [6, 6.07) is 0. The van der Waals surface area contributed by atoms with Crippen LogP contribution in [0.1, 0.15) is 6.92 Å². The third kappa shape index (κ3) is 17.5. The van der Waals surface area contributed by atoms with E-state index in [1.807, 2.05) is 6.92 Å². The second-order valence-electron chi connectivity index (χ2n) is 0.895. The van der Waals surface area contributed by atoms with Crippen LogP contribution in [-0.4, -0.2) is 11.7 Å². The summed E-state index contributed by atoms with van der Waals surface area (Å²) in [6.07, 6.45) is 0. The summed E-state index contributed by atoms with van der Waals surface area (Å²) in [6.45, 7) is 2.76. The maximum atomic E-state index is 5.02. The van der Waals surface area contributed by atoms with Gasteiger partial charge in [-0.15, -0.1) is 0 Å². The van der Waals surface area contributed by atoms with Crippen LogP contribution in [0.15, 0.2) is 0 Å². The van der Waals surface area contributed by atoms with Gasteiger partial charge in [-0.05, 0) is 19.1 Å². The third-order valence-corrected chi connectivity index (χ3v) is 0.495. The number of hydrogen-bond acceptors (Lipinski definition) is 3. The Kier molecular flexibility index (Phi) is 12.9. The van der Waals surface area contributed by atoms with Crippen molar-refractivity contribution in [3.05, 3.63) is 0 Å². The topological polar surface area (TPSA) is 90.1 Å². The molecule has 0 bridgehead atoms. The molecule has 0 aromatic heterocycles. The van der Waals surface area contributed by atoms with Gasteiger partial charge in [0, 0.05) is 6.54 Å². The summed E-state index contributed by atoms with van der Waals surface area (Å²) in [7, 11) is 0. The Morgan fingerprint density at radius 2 is 2.00 bits per heavy atom. The molecule has 0 aliphatic rings. The van der Waals surface area contributed by atoms with Gasteiger partial charge in [-0.2, -0.15) is 0 Å². The monoisotopic (exact) mass is 136 g/mol. The van der Waals surface area contributed by atoms with Gasteiger partial charge in [0.1, 0.15) is 0 Å². The molecule has 7 N–H and O–H groups in total. The molecule has 0 heterocycles. The van der Waals surface area contributed by atoms with E-state index < -0.39 is 0 Å². The minimum absolute atomic E-state index is 0.373. The van der Waals surface area contributed by atoms with Crippen LogP contribution in [0.2, 0.25) is 0 Å². The molecule has 0 aromatic rings. The lowest BCUT2D eigenvalue weighted by Gasteiger charge is -1.92. The van der Waals surface area contributed by atoms with Gasteiger partial charge in [-0.3, -0.25) is 11.7 Å². The molecule has 4 nitrogen and oxygen atoms in total. The molecule has 0 unspecified atom stereocenters. The minimum atomic E-state index is 0.373. The van der Waals surface area contributed by atoms with Crippen molar-refractivity contribution in [2.24, 2.45) is 17.4 Å². The van der Waals surface area contributed by atoms with Crippen molar-refractivity contribution in [3.8, 4) is 0 Å². The average Bonchev–Trinajstić information content (AvgIpc) is 1.72. The van der Waals surface area contributed by atoms with Crippen LogP contribution in [0.5, 0.6) is 0 Å². The van der Waals surface area contributed by atoms with Crippen LogP contribution in [0.4, 0.5) is 0 Å². The molecule has 0 spiro atoms. The highest BCUT2D eigenvalue weighted by atomic mass is 32.1. The number of hydrazine groups is 1. The summed E-state index contributed by atoms with van der Waals surface area (Å²) in [4.78, 5) is 0. The Morgan fingerprint density at radius 1 is 1.62 bits per heavy atom. The molecular weight excluding hydrogens is 124 g/mol. The summed E-state index contributed by atoms with van der Waals surface area (Å²) in [5, 5.41) is 3.09. The average molecular weight is 136 g/mol. The predicted molar refractivity (Wildman–Crippen MR) is 38.8 cm³/mol. The van der Waals surface area contributed by atoms with Gasteiger partial charge in [-0.25, -0.2) is 0 Å². The van der Waals surface area contributed by atoms with E-state index in [4.69, 9.17) is 5.73 Å². The number of rotatable bonds is 1. The Labute approximate surface area is 54.4 Å². The highest BCUT2D eigenvalue weighted by Crippen LogP contribution is 1.52. The van der Waals surface area contributed by atoms with E-state index in [9.17, 15) is 0 Å². The fourth-order valence-electron chi connectivity index (χ4n) is 0.174. The molecule has 0 saturated heterocycles. The molecule has 5 heteroatoms. The lowest BCUT2D eigenvalue weighted by Crippen LogP contribution is -2.28. The lowest BCUT2D eigenvalue weighted by atomic mass is 10.8. The number of thiocarbonyl (C=S) groups is 1. The molecule has 0 fully saturated rings. The highest BCUT2D eigenvalue weighted by molar-refractivity contribution is 7.80. The normalized spacial score (nSPS) is 6.38. The first kappa shape index (κ1) is 10.6. The van der Waals surface area contributed by atoms with Gasteiger partial charge in [0.05, 0.1) is 0 Å². The number of hydrogen-bond donors (Lipinski definition) is 4. The number of nitrogens with two attached hydrogens (primary N) is 3. The van der Waals surface area contributed by atoms with E-state index in [1.54, 1.807) is 0 Å². The summed E-state index contributed by atoms with van der Waals surface area (Å²) in [5.41, 5.74) is 5.02. The zero-order valence-corrected chi connectivity index (χ0v) is 5.66. The molecular formula is C3H12N4S. The Morgan fingerprint density at radius 3 is 2.00 bits per heavy atom. The molecule has 0 radical (unpaired) electrons. The zero-order chi connectivity index (χ0) is 6.99. The van der Waals surface area contributed by atoms with Crippen molar-refractivity contribution in [2.45, 2.75) is 6.92 Å². The van der Waals surface area contributed by atoms with Gasteiger partial charge in [-0.1, -0.05) is 0 Å². The first-order valence-electron chi connectivity index (χ1n) is 2.14. The van der Waals surface area contributed by atoms with Crippen LogP contribution in [0, 0.1) is 0 Å². The maximum Gasteiger partial charge on any atom is 0.163 e. The van der Waals surface area contributed by atoms with Gasteiger partial charge >= 0.3 is 0 Å². The molecule has 0 amide bonds. The van der Waals surface area contributed by atoms with Crippen molar-refractivity contribution < 1.29 is 0 Å². The summed E-state index contributed by atoms with van der Waals surface area (Å²) in [5.74, 6) is 8.00. The van der Waals surface area contributed by atoms with Crippen molar-refractivity contribution in [2.75, 3.05) is 6.54 Å². The van der Waals surface area contributed by atoms with Gasteiger partial charge in [0.15, 0.2) is 5.11 Å². The molecule has 50 valence electrons. The van der Waals surface area contributed by atoms with E-state index in [-0.39, 0.29) is 0 Å². The van der Waals surface area contributed by atoms with E-state index >= 15 is 0 Å². The highest BCUT2D eigenvalue weighted by Gasteiger charge is 1.73. The van der Waals surface area contributed by atoms with Crippen LogP contribution in [-0.2, 0) is 0 Å². The first-order chi connectivity index (χ1) is 3.77. The molecule has 8 heavy (non-hydrogen) atoms. The largest absolute Gasteiger partial charge is 0.376 e. The Hall–Kier alpha value is -0.390. The molecule has 0 aliphatic heterocycles. The van der Waals surface area contributed by atoms with Crippen LogP contribution in [0.3, 0.4) is 0 Å².